The standard InChI is InChI=1S/C59H78Br2Cl2FN5O14/c1-32(2)40(25-39(70)15-10-9-11-19-80-55(75)38(30-60)31-61)54(74)67-43(16-13-18-66-56(65)76)46(71)24-37-23-41(62)44(26-42(37)64)68-57(77)82-49-27-50(72)69(7)45-22-36(21-34(4)52(45)63)20-33(3)14-12-17-48(79-8)59(78)28-47(81-51(73)29-59)35(5)53-58(49,6)83-53/h12,14,17,21-23,26,32,35,38,40,43,47-49,53,78H,9-11,13,15-16,18-20,24-25,27-31H2,1-8H3,(H,67,74)(H,68,77)(H3,65,66,76)/b17-12+,33-14+/t35-,40+,43+,47+,48-,49+,53+,58+,59-/m1/s1. The van der Waals surface area contributed by atoms with E-state index in [2.05, 4.69) is 47.8 Å². The quantitative estimate of drug-likeness (QED) is 0.0215. The highest BCUT2D eigenvalue weighted by Gasteiger charge is 2.64. The highest BCUT2D eigenvalue weighted by Crippen LogP contribution is 2.50. The first kappa shape index (κ1) is 68.8. The lowest BCUT2D eigenvalue weighted by Gasteiger charge is -2.41. The number of carbonyl (C=O) groups excluding carboxylic acids is 8. The molecule has 4 bridgehead atoms. The number of aryl methyl sites for hydroxylation is 1. The fraction of sp³-hybridized carbons (Fsp3) is 0.593. The van der Waals surface area contributed by atoms with Crippen LogP contribution in [0, 0.1) is 36.4 Å². The summed E-state index contributed by atoms with van der Waals surface area (Å²) in [6.45, 7) is 11.0. The number of nitrogens with two attached hydrogens (primary N) is 1. The molecule has 0 saturated carbocycles. The van der Waals surface area contributed by atoms with E-state index >= 15 is 4.39 Å². The number of nitrogens with one attached hydrogen (secondary N) is 3. The summed E-state index contributed by atoms with van der Waals surface area (Å²) < 4.78 is 45.3. The van der Waals surface area contributed by atoms with Gasteiger partial charge in [0.05, 0.1) is 58.9 Å². The van der Waals surface area contributed by atoms with Crippen LogP contribution in [0.2, 0.25) is 10.0 Å². The average molecular weight is 1330 g/mol. The summed E-state index contributed by atoms with van der Waals surface area (Å²) in [5.74, 6) is -5.83. The Morgan fingerprint density at radius 2 is 1.73 bits per heavy atom. The van der Waals surface area contributed by atoms with Crippen molar-refractivity contribution in [3.63, 3.8) is 0 Å². The largest absolute Gasteiger partial charge is 0.465 e. The molecule has 3 heterocycles. The number of Topliss-reactive ketones (excluding diaryl/α,β-unsaturated/α-hetero) is 2. The molecule has 2 fully saturated rings. The number of rotatable bonds is 24. The first-order chi connectivity index (χ1) is 39.1. The number of hydrogen-bond acceptors (Lipinski definition) is 14. The maximum Gasteiger partial charge on any atom is 0.412 e. The Hall–Kier alpha value is -4.97. The number of anilines is 2. The molecule has 24 heteroatoms. The fourth-order valence-corrected chi connectivity index (χ4v) is 12.5. The summed E-state index contributed by atoms with van der Waals surface area (Å²) >= 11 is 20.1. The summed E-state index contributed by atoms with van der Waals surface area (Å²) in [6.07, 6.45) is 1.32. The van der Waals surface area contributed by atoms with Gasteiger partial charge < -0.3 is 50.1 Å². The smallest absolute Gasteiger partial charge is 0.412 e. The van der Waals surface area contributed by atoms with Crippen molar-refractivity contribution >= 4 is 114 Å². The number of urea groups is 1. The summed E-state index contributed by atoms with van der Waals surface area (Å²) in [6, 6.07) is 3.76. The van der Waals surface area contributed by atoms with E-state index in [0.717, 1.165) is 23.3 Å². The second-order valence-corrected chi connectivity index (χ2v) is 24.5. The molecule has 19 nitrogen and oxygen atoms in total. The number of epoxide rings is 1. The van der Waals surface area contributed by atoms with Gasteiger partial charge in [0.15, 0.2) is 5.78 Å². The molecule has 5 rings (SSSR count). The average Bonchev–Trinajstić information content (AvgIpc) is 1.83. The van der Waals surface area contributed by atoms with Gasteiger partial charge in [-0.15, -0.1) is 0 Å². The Kier molecular flexibility index (Phi) is 26.1. The second kappa shape index (κ2) is 31.4. The molecule has 0 radical (unpaired) electrons. The lowest BCUT2D eigenvalue weighted by Crippen LogP contribution is -2.53. The molecule has 0 aliphatic carbocycles. The molecule has 6 N–H and O–H groups in total. The first-order valence-corrected chi connectivity index (χ1v) is 30.8. The first-order valence-electron chi connectivity index (χ1n) is 27.8. The number of nitrogens with zero attached hydrogens (tertiary/aromatic N) is 1. The summed E-state index contributed by atoms with van der Waals surface area (Å²) in [5, 5.41) is 20.7. The monoisotopic (exact) mass is 1330 g/mol. The normalized spacial score (nSPS) is 24.6. The van der Waals surface area contributed by atoms with E-state index < -0.39 is 108 Å². The van der Waals surface area contributed by atoms with Crippen molar-refractivity contribution in [1.29, 1.82) is 0 Å². The van der Waals surface area contributed by atoms with Crippen LogP contribution < -0.4 is 26.6 Å². The number of benzene rings is 2. The fourth-order valence-electron chi connectivity index (χ4n) is 10.4. The predicted octanol–water partition coefficient (Wildman–Crippen LogP) is 9.50. The minimum Gasteiger partial charge on any atom is -0.465 e. The van der Waals surface area contributed by atoms with Gasteiger partial charge in [0, 0.05) is 68.9 Å². The topological polar surface area (TPSA) is 272 Å². The van der Waals surface area contributed by atoms with Crippen molar-refractivity contribution in [3.05, 3.63) is 80.6 Å². The van der Waals surface area contributed by atoms with Gasteiger partial charge in [0.2, 0.25) is 11.8 Å². The summed E-state index contributed by atoms with van der Waals surface area (Å²) in [5.41, 5.74) is 4.65. The third kappa shape index (κ3) is 19.3. The molecular weight excluding hydrogens is 1250 g/mol. The SMILES string of the molecule is CO[C@@H]1/C=C/C=C(\C)Cc2cc(C)c(Cl)c(c2)N(C)C(=O)C[C@H](OC(=O)Nc2cc(F)c(CC(=O)[C@H](CCCNC(N)=O)NC(=O)[C@@H](CC(=O)CCCCCOC(=O)C(CBr)CBr)C(C)C)cc2Cl)[C@]2(C)O[C@H]2[C@H](C)[C@@H]2C[C@@]1(O)CC(=O)O2. The van der Waals surface area contributed by atoms with Crippen LogP contribution in [0.25, 0.3) is 0 Å². The van der Waals surface area contributed by atoms with Gasteiger partial charge in [-0.05, 0) is 100 Å². The molecule has 0 aromatic heterocycles. The van der Waals surface area contributed by atoms with Crippen LogP contribution in [0.5, 0.6) is 0 Å². The van der Waals surface area contributed by atoms with Gasteiger partial charge in [-0.2, -0.15) is 0 Å². The number of allylic oxidation sites excluding steroid dienone is 3. The molecule has 2 aromatic carbocycles. The third-order valence-corrected chi connectivity index (χ3v) is 17.9. The minimum atomic E-state index is -1.67. The molecular formula is C59H78Br2Cl2FN5O14. The molecule has 9 atom stereocenters. The van der Waals surface area contributed by atoms with Crippen LogP contribution >= 0.6 is 55.1 Å². The number of alkyl halides is 2. The molecule has 83 heavy (non-hydrogen) atoms. The highest BCUT2D eigenvalue weighted by atomic mass is 79.9. The number of hydrogen-bond donors (Lipinski definition) is 5. The van der Waals surface area contributed by atoms with E-state index in [0.29, 0.717) is 52.6 Å². The van der Waals surface area contributed by atoms with E-state index in [9.17, 15) is 43.5 Å². The highest BCUT2D eigenvalue weighted by molar-refractivity contribution is 9.09. The molecule has 0 unspecified atom stereocenters. The third-order valence-electron chi connectivity index (χ3n) is 15.5. The number of unbranched alkanes of at least 4 members (excludes halogenated alkanes) is 2. The number of ether oxygens (including phenoxy) is 5. The van der Waals surface area contributed by atoms with Crippen molar-refractivity contribution < 1.29 is 71.5 Å². The van der Waals surface area contributed by atoms with Crippen LogP contribution in [0.3, 0.4) is 0 Å². The lowest BCUT2D eigenvalue weighted by molar-refractivity contribution is -0.187. The van der Waals surface area contributed by atoms with Crippen molar-refractivity contribution in [1.82, 2.24) is 10.6 Å². The summed E-state index contributed by atoms with van der Waals surface area (Å²) in [4.78, 5) is 108. The molecule has 3 aliphatic rings. The number of amides is 5. The van der Waals surface area contributed by atoms with Crippen LogP contribution in [-0.2, 0) is 65.3 Å². The number of carbonyl (C=O) groups is 8. The Morgan fingerprint density at radius 3 is 2.40 bits per heavy atom. The van der Waals surface area contributed by atoms with E-state index in [-0.39, 0.29) is 91.5 Å². The van der Waals surface area contributed by atoms with E-state index in [4.69, 9.17) is 52.6 Å². The number of primary amides is 1. The van der Waals surface area contributed by atoms with Crippen molar-refractivity contribution in [3.8, 4) is 0 Å². The molecule has 3 aliphatic heterocycles. The van der Waals surface area contributed by atoms with E-state index in [1.54, 1.807) is 53.0 Å². The minimum absolute atomic E-state index is 0.0129. The Morgan fingerprint density at radius 1 is 1.02 bits per heavy atom. The zero-order valence-electron chi connectivity index (χ0n) is 48.2. The number of ketones is 2. The predicted molar refractivity (Wildman–Crippen MR) is 319 cm³/mol. The van der Waals surface area contributed by atoms with Gasteiger partial charge >= 0.3 is 24.1 Å². The van der Waals surface area contributed by atoms with Gasteiger partial charge in [0.1, 0.15) is 41.1 Å². The van der Waals surface area contributed by atoms with Gasteiger partial charge in [-0.25, -0.2) is 14.0 Å². The Bertz CT molecular complexity index is 2770. The maximum absolute atomic E-state index is 16.2. The number of methoxy groups -OCH3 is 1. The maximum atomic E-state index is 16.2. The number of aliphatic hydroxyl groups is 1. The van der Waals surface area contributed by atoms with Crippen LogP contribution in [0.1, 0.15) is 116 Å². The number of esters is 2. The lowest BCUT2D eigenvalue weighted by atomic mass is 9.78. The zero-order chi connectivity index (χ0) is 61.5. The Balaban J connectivity index is 1.33. The van der Waals surface area contributed by atoms with Gasteiger partial charge in [-0.1, -0.05) is 106 Å². The van der Waals surface area contributed by atoms with Crippen LogP contribution in [0.15, 0.2) is 48.1 Å². The van der Waals surface area contributed by atoms with Crippen molar-refractivity contribution in [2.45, 2.75) is 160 Å². The molecule has 5 amide bonds. The van der Waals surface area contributed by atoms with Crippen molar-refractivity contribution in [2.75, 3.05) is 48.2 Å². The van der Waals surface area contributed by atoms with E-state index in [1.165, 1.54) is 12.0 Å². The molecule has 0 spiro atoms. The number of halogens is 5. The molecule has 2 saturated heterocycles. The van der Waals surface area contributed by atoms with Gasteiger partial charge in [-0.3, -0.25) is 34.1 Å². The van der Waals surface area contributed by atoms with Gasteiger partial charge in [0.25, 0.3) is 0 Å². The number of fused-ring (bicyclic) bond motifs is 5. The Labute approximate surface area is 511 Å². The summed E-state index contributed by atoms with van der Waals surface area (Å²) in [7, 11) is 2.98. The molecule has 458 valence electrons. The molecule has 2 aromatic rings. The second-order valence-electron chi connectivity index (χ2n) is 22.4. The van der Waals surface area contributed by atoms with Crippen molar-refractivity contribution in [2.24, 2.45) is 29.4 Å². The van der Waals surface area contributed by atoms with E-state index in [1.807, 2.05) is 26.0 Å². The van der Waals surface area contributed by atoms with Crippen LogP contribution in [0.4, 0.5) is 25.4 Å². The zero-order valence-corrected chi connectivity index (χ0v) is 52.9. The van der Waals surface area contributed by atoms with Crippen LogP contribution in [-0.4, -0.2) is 132 Å².